The number of anilines is 1. The van der Waals surface area contributed by atoms with Crippen LogP contribution in [0.3, 0.4) is 0 Å². The lowest BCUT2D eigenvalue weighted by Crippen LogP contribution is -2.03. The largest absolute Gasteiger partial charge is 0.383 e. The first kappa shape index (κ1) is 7.34. The van der Waals surface area contributed by atoms with E-state index < -0.39 is 0 Å². The number of aromatic nitrogens is 2. The molecule has 1 heterocycles. The van der Waals surface area contributed by atoms with Crippen LogP contribution in [0.4, 0.5) is 5.82 Å². The van der Waals surface area contributed by atoms with Gasteiger partial charge in [0, 0.05) is 5.56 Å². The van der Waals surface area contributed by atoms with Crippen LogP contribution in [0, 0.1) is 0 Å². The first-order chi connectivity index (χ1) is 5.83. The van der Waals surface area contributed by atoms with Crippen LogP contribution in [0.25, 0.3) is 0 Å². The van der Waals surface area contributed by atoms with Gasteiger partial charge in [-0.25, -0.2) is 0 Å². The van der Waals surface area contributed by atoms with E-state index in [4.69, 9.17) is 5.73 Å². The fourth-order valence-electron chi connectivity index (χ4n) is 1.68. The molecule has 0 saturated carbocycles. The predicted molar refractivity (Wildman–Crippen MR) is 45.4 cm³/mol. The molecule has 1 aromatic heterocycles. The molecule has 1 aliphatic carbocycles. The van der Waals surface area contributed by atoms with Crippen LogP contribution in [0.15, 0.2) is 0 Å². The maximum absolute atomic E-state index is 10.5. The Morgan fingerprint density at radius 1 is 1.42 bits per heavy atom. The molecule has 0 unspecified atom stereocenters. The smallest absolute Gasteiger partial charge is 0.235 e. The third-order valence-corrected chi connectivity index (χ3v) is 2.32. The highest BCUT2D eigenvalue weighted by atomic mass is 16.1. The Bertz CT molecular complexity index is 316. The van der Waals surface area contributed by atoms with Gasteiger partial charge in [0.05, 0.1) is 5.69 Å². The monoisotopic (exact) mass is 165 g/mol. The Morgan fingerprint density at radius 3 is 2.83 bits per heavy atom. The first-order valence-electron chi connectivity index (χ1n) is 4.14. The minimum Gasteiger partial charge on any atom is -0.383 e. The number of hydrogen-bond acceptors (Lipinski definition) is 3. The van der Waals surface area contributed by atoms with Crippen LogP contribution in [-0.4, -0.2) is 16.2 Å². The van der Waals surface area contributed by atoms with Crippen molar-refractivity contribution < 1.29 is 4.79 Å². The summed E-state index contributed by atoms with van der Waals surface area (Å²) in [5.74, 6) is 0.528. The van der Waals surface area contributed by atoms with Gasteiger partial charge in [-0.15, -0.1) is 0 Å². The van der Waals surface area contributed by atoms with Gasteiger partial charge in [0.25, 0.3) is 0 Å². The van der Waals surface area contributed by atoms with E-state index in [2.05, 4.69) is 5.10 Å². The number of nitrogens with zero attached hydrogens (tertiary/aromatic N) is 2. The van der Waals surface area contributed by atoms with Gasteiger partial charge in [-0.2, -0.15) is 9.78 Å². The van der Waals surface area contributed by atoms with Gasteiger partial charge in [0.1, 0.15) is 5.82 Å². The molecular weight excluding hydrogens is 154 g/mol. The molecule has 0 aromatic carbocycles. The van der Waals surface area contributed by atoms with Crippen LogP contribution in [0.2, 0.25) is 0 Å². The van der Waals surface area contributed by atoms with E-state index in [-0.39, 0.29) is 0 Å². The summed E-state index contributed by atoms with van der Waals surface area (Å²) in [5, 5.41) is 4.09. The van der Waals surface area contributed by atoms with Gasteiger partial charge in [0.2, 0.25) is 6.41 Å². The Morgan fingerprint density at radius 2 is 2.17 bits per heavy atom. The minimum atomic E-state index is 0.528. The molecule has 4 nitrogen and oxygen atoms in total. The van der Waals surface area contributed by atoms with Crippen molar-refractivity contribution in [3.8, 4) is 0 Å². The van der Waals surface area contributed by atoms with Crippen molar-refractivity contribution in [2.45, 2.75) is 25.7 Å². The highest BCUT2D eigenvalue weighted by molar-refractivity contribution is 5.61. The molecule has 0 aliphatic heterocycles. The van der Waals surface area contributed by atoms with Crippen molar-refractivity contribution in [2.75, 3.05) is 5.73 Å². The van der Waals surface area contributed by atoms with Crippen molar-refractivity contribution in [1.82, 2.24) is 9.78 Å². The third kappa shape index (κ3) is 0.913. The van der Waals surface area contributed by atoms with Crippen LogP contribution in [0.5, 0.6) is 0 Å². The molecular formula is C8H11N3O. The summed E-state index contributed by atoms with van der Waals surface area (Å²) in [6.45, 7) is 0. The second kappa shape index (κ2) is 2.62. The van der Waals surface area contributed by atoms with Gasteiger partial charge < -0.3 is 5.73 Å². The van der Waals surface area contributed by atoms with Crippen molar-refractivity contribution in [1.29, 1.82) is 0 Å². The van der Waals surface area contributed by atoms with Gasteiger partial charge in [-0.3, -0.25) is 4.79 Å². The molecule has 0 atom stereocenters. The van der Waals surface area contributed by atoms with Gasteiger partial charge >= 0.3 is 0 Å². The maximum Gasteiger partial charge on any atom is 0.235 e. The molecule has 0 bridgehead atoms. The zero-order chi connectivity index (χ0) is 8.55. The molecule has 2 rings (SSSR count). The molecule has 0 fully saturated rings. The maximum atomic E-state index is 10.5. The minimum absolute atomic E-state index is 0.528. The number of nitrogen functional groups attached to an aromatic ring is 1. The Balaban J connectivity index is 2.51. The molecule has 0 radical (unpaired) electrons. The topological polar surface area (TPSA) is 60.9 Å². The van der Waals surface area contributed by atoms with Gasteiger partial charge in [-0.05, 0) is 25.7 Å². The Labute approximate surface area is 70.4 Å². The average molecular weight is 165 g/mol. The highest BCUT2D eigenvalue weighted by Crippen LogP contribution is 2.24. The van der Waals surface area contributed by atoms with E-state index in [1.165, 1.54) is 4.68 Å². The second-order valence-corrected chi connectivity index (χ2v) is 3.07. The van der Waals surface area contributed by atoms with Crippen molar-refractivity contribution in [3.05, 3.63) is 11.3 Å². The SMILES string of the molecule is Nc1c2c(nn1C=O)CCCC2. The molecule has 4 heteroatoms. The lowest BCUT2D eigenvalue weighted by molar-refractivity contribution is 0.540. The molecule has 1 aromatic rings. The fraction of sp³-hybridized carbons (Fsp3) is 0.500. The summed E-state index contributed by atoms with van der Waals surface area (Å²) >= 11 is 0. The molecule has 2 N–H and O–H groups in total. The lowest BCUT2D eigenvalue weighted by atomic mass is 9.98. The van der Waals surface area contributed by atoms with E-state index in [0.717, 1.165) is 36.9 Å². The van der Waals surface area contributed by atoms with Crippen LogP contribution < -0.4 is 5.73 Å². The summed E-state index contributed by atoms with van der Waals surface area (Å²) in [6.07, 6.45) is 4.90. The van der Waals surface area contributed by atoms with E-state index in [9.17, 15) is 4.79 Å². The number of hydrogen-bond donors (Lipinski definition) is 1. The lowest BCUT2D eigenvalue weighted by Gasteiger charge is -2.08. The Kier molecular flexibility index (Phi) is 1.60. The number of rotatable bonds is 1. The van der Waals surface area contributed by atoms with Crippen molar-refractivity contribution in [2.24, 2.45) is 0 Å². The first-order valence-corrected chi connectivity index (χ1v) is 4.14. The summed E-state index contributed by atoms with van der Waals surface area (Å²) in [4.78, 5) is 10.5. The van der Waals surface area contributed by atoms with Crippen LogP contribution in [0.1, 0.15) is 24.1 Å². The number of aryl methyl sites for hydroxylation is 1. The summed E-state index contributed by atoms with van der Waals surface area (Å²) in [7, 11) is 0. The quantitative estimate of drug-likeness (QED) is 0.612. The third-order valence-electron chi connectivity index (χ3n) is 2.32. The fourth-order valence-corrected chi connectivity index (χ4v) is 1.68. The van der Waals surface area contributed by atoms with Gasteiger partial charge in [-0.1, -0.05) is 0 Å². The molecule has 0 saturated heterocycles. The van der Waals surface area contributed by atoms with E-state index >= 15 is 0 Å². The number of carbonyl (C=O) groups is 1. The molecule has 64 valence electrons. The summed E-state index contributed by atoms with van der Waals surface area (Å²) < 4.78 is 1.23. The zero-order valence-electron chi connectivity index (χ0n) is 6.79. The van der Waals surface area contributed by atoms with E-state index in [0.29, 0.717) is 12.2 Å². The summed E-state index contributed by atoms with van der Waals surface area (Å²) in [5.41, 5.74) is 7.79. The number of carbonyl (C=O) groups excluding carboxylic acids is 1. The zero-order valence-corrected chi connectivity index (χ0v) is 6.79. The van der Waals surface area contributed by atoms with E-state index in [1.54, 1.807) is 0 Å². The highest BCUT2D eigenvalue weighted by Gasteiger charge is 2.17. The average Bonchev–Trinajstić information content (AvgIpc) is 2.44. The Hall–Kier alpha value is -1.32. The molecule has 12 heavy (non-hydrogen) atoms. The van der Waals surface area contributed by atoms with Crippen LogP contribution >= 0.6 is 0 Å². The van der Waals surface area contributed by atoms with Crippen molar-refractivity contribution in [3.63, 3.8) is 0 Å². The standard InChI is InChI=1S/C8H11N3O/c9-8-6-3-1-2-4-7(6)10-11(8)5-12/h5H,1-4,9H2. The number of nitrogens with two attached hydrogens (primary N) is 1. The second-order valence-electron chi connectivity index (χ2n) is 3.07. The normalized spacial score (nSPS) is 15.7. The molecule has 0 amide bonds. The van der Waals surface area contributed by atoms with Crippen LogP contribution in [-0.2, 0) is 17.6 Å². The molecule has 0 spiro atoms. The van der Waals surface area contributed by atoms with E-state index in [1.807, 2.05) is 0 Å². The molecule has 1 aliphatic rings. The predicted octanol–water partition coefficient (Wildman–Crippen LogP) is 0.382. The van der Waals surface area contributed by atoms with Crippen molar-refractivity contribution >= 4 is 12.2 Å². The summed E-state index contributed by atoms with van der Waals surface area (Å²) in [6, 6.07) is 0. The number of fused-ring (bicyclic) bond motifs is 1. The van der Waals surface area contributed by atoms with Gasteiger partial charge in [0.15, 0.2) is 0 Å².